The molecule has 1 aliphatic carbocycles. The molecule has 2 amide bonds. The van der Waals surface area contributed by atoms with E-state index < -0.39 is 5.97 Å². The van der Waals surface area contributed by atoms with Gasteiger partial charge in [-0.2, -0.15) is 0 Å². The Balaban J connectivity index is 1.13. The average Bonchev–Trinajstić information content (AvgIpc) is 3.79. The number of fused-ring (bicyclic) bond motifs is 1. The van der Waals surface area contributed by atoms with Crippen LogP contribution in [-0.4, -0.2) is 90.3 Å². The van der Waals surface area contributed by atoms with E-state index in [1.54, 1.807) is 25.3 Å². The number of hydrogen-bond donors (Lipinski definition) is 2. The number of aliphatic carboxylic acids is 1. The van der Waals surface area contributed by atoms with E-state index in [-0.39, 0.29) is 53.5 Å². The summed E-state index contributed by atoms with van der Waals surface area (Å²) >= 11 is 13.3. The van der Waals surface area contributed by atoms with Crippen molar-refractivity contribution >= 4 is 57.6 Å². The maximum Gasteiger partial charge on any atom is 0.306 e. The van der Waals surface area contributed by atoms with Gasteiger partial charge in [0.15, 0.2) is 0 Å². The third kappa shape index (κ3) is 7.47. The fourth-order valence-corrected chi connectivity index (χ4v) is 7.81. The molecule has 0 unspecified atom stereocenters. The normalized spacial score (nSPS) is 26.6. The molecule has 3 heterocycles. The Labute approximate surface area is 284 Å². The van der Waals surface area contributed by atoms with Crippen molar-refractivity contribution in [2.45, 2.75) is 69.7 Å². The van der Waals surface area contributed by atoms with Crippen molar-refractivity contribution in [3.8, 4) is 0 Å². The van der Waals surface area contributed by atoms with E-state index >= 15 is 0 Å². The molecule has 3 aliphatic rings. The highest BCUT2D eigenvalue weighted by Crippen LogP contribution is 2.34. The summed E-state index contributed by atoms with van der Waals surface area (Å²) in [5.41, 5.74) is 1.89. The number of rotatable bonds is 10. The summed E-state index contributed by atoms with van der Waals surface area (Å²) in [4.78, 5) is 42.7. The molecular weight excluding hydrogens is 645 g/mol. The van der Waals surface area contributed by atoms with Gasteiger partial charge in [0.2, 0.25) is 5.91 Å². The molecule has 0 spiro atoms. The van der Waals surface area contributed by atoms with Gasteiger partial charge in [-0.3, -0.25) is 19.3 Å². The lowest BCUT2D eigenvalue weighted by Gasteiger charge is -2.30. The summed E-state index contributed by atoms with van der Waals surface area (Å²) in [6.45, 7) is 4.88. The molecule has 4 atom stereocenters. The molecule has 252 valence electrons. The fourth-order valence-electron chi connectivity index (χ4n) is 7.35. The van der Waals surface area contributed by atoms with Gasteiger partial charge in [-0.1, -0.05) is 48.3 Å². The maximum atomic E-state index is 13.9. The van der Waals surface area contributed by atoms with Gasteiger partial charge in [0.1, 0.15) is 11.8 Å². The van der Waals surface area contributed by atoms with E-state index in [0.29, 0.717) is 77.6 Å². The first-order valence-electron chi connectivity index (χ1n) is 16.3. The van der Waals surface area contributed by atoms with Crippen LogP contribution in [0.4, 0.5) is 5.69 Å². The molecule has 0 radical (unpaired) electrons. The number of methoxy groups -OCH3 is 1. The summed E-state index contributed by atoms with van der Waals surface area (Å²) in [7, 11) is 1.75. The number of furan rings is 1. The van der Waals surface area contributed by atoms with Crippen molar-refractivity contribution in [3.05, 3.63) is 63.8 Å². The predicted molar refractivity (Wildman–Crippen MR) is 179 cm³/mol. The molecule has 1 aromatic heterocycles. The van der Waals surface area contributed by atoms with E-state index in [2.05, 4.69) is 17.1 Å². The highest BCUT2D eigenvalue weighted by Gasteiger charge is 2.42. The number of para-hydroxylation sites is 1. The van der Waals surface area contributed by atoms with Crippen LogP contribution >= 0.6 is 23.2 Å². The number of carbonyl (C=O) groups is 3. The highest BCUT2D eigenvalue weighted by atomic mass is 35.5. The molecule has 12 heteroatoms. The van der Waals surface area contributed by atoms with Crippen LogP contribution in [-0.2, 0) is 25.5 Å². The second-order valence-corrected chi connectivity index (χ2v) is 14.0. The number of carboxylic acid groups (broad SMARTS) is 1. The highest BCUT2D eigenvalue weighted by molar-refractivity contribution is 6.36. The first-order valence-corrected chi connectivity index (χ1v) is 17.0. The first kappa shape index (κ1) is 33.7. The molecule has 2 aromatic carbocycles. The molecule has 2 saturated heterocycles. The van der Waals surface area contributed by atoms with Crippen LogP contribution in [0.2, 0.25) is 10.0 Å². The number of carbonyl (C=O) groups excluding carboxylic acids is 2. The maximum absolute atomic E-state index is 13.9. The van der Waals surface area contributed by atoms with E-state index in [9.17, 15) is 19.5 Å². The SMILES string of the molecule is CO[C@@H]1CN([C@H]2C[C@@H](CO[C@H]3CC[C@H](C(=O)O)CC3)N(C(=O)Cc3cc(Cl)c(NC(=O)c4coc5ccccc45)cc3Cl)C2)C[C@H]1C. The molecule has 0 bridgehead atoms. The minimum absolute atomic E-state index is 0.0117. The Kier molecular flexibility index (Phi) is 10.4. The average molecular weight is 687 g/mol. The third-order valence-corrected chi connectivity index (χ3v) is 10.8. The van der Waals surface area contributed by atoms with Crippen molar-refractivity contribution in [3.63, 3.8) is 0 Å². The minimum atomic E-state index is -0.742. The zero-order chi connectivity index (χ0) is 33.2. The Morgan fingerprint density at radius 2 is 1.81 bits per heavy atom. The fraction of sp³-hybridized carbons (Fsp3) is 0.514. The van der Waals surface area contributed by atoms with Crippen LogP contribution in [0.15, 0.2) is 47.1 Å². The number of benzene rings is 2. The van der Waals surface area contributed by atoms with Gasteiger partial charge >= 0.3 is 5.97 Å². The first-order chi connectivity index (χ1) is 22.6. The Morgan fingerprint density at radius 3 is 2.53 bits per heavy atom. The van der Waals surface area contributed by atoms with Crippen LogP contribution in [0.1, 0.15) is 54.9 Å². The molecule has 10 nitrogen and oxygen atoms in total. The second kappa shape index (κ2) is 14.5. The topological polar surface area (TPSA) is 122 Å². The van der Waals surface area contributed by atoms with Crippen molar-refractivity contribution in [2.24, 2.45) is 11.8 Å². The number of amides is 2. The van der Waals surface area contributed by atoms with Crippen LogP contribution in [0.25, 0.3) is 11.0 Å². The number of anilines is 1. The summed E-state index contributed by atoms with van der Waals surface area (Å²) < 4.78 is 17.5. The Bertz CT molecular complexity index is 1620. The van der Waals surface area contributed by atoms with Gasteiger partial charge in [0.05, 0.1) is 53.5 Å². The van der Waals surface area contributed by atoms with Gasteiger partial charge in [-0.25, -0.2) is 0 Å². The molecule has 47 heavy (non-hydrogen) atoms. The number of hydrogen-bond acceptors (Lipinski definition) is 7. The Morgan fingerprint density at radius 1 is 1.04 bits per heavy atom. The van der Waals surface area contributed by atoms with Gasteiger partial charge in [-0.05, 0) is 61.8 Å². The number of carboxylic acids is 1. The van der Waals surface area contributed by atoms with Gasteiger partial charge < -0.3 is 29.2 Å². The summed E-state index contributed by atoms with van der Waals surface area (Å²) in [5, 5.41) is 13.5. The number of ether oxygens (including phenoxy) is 2. The van der Waals surface area contributed by atoms with Crippen LogP contribution < -0.4 is 5.32 Å². The predicted octanol–water partition coefficient (Wildman–Crippen LogP) is 6.13. The molecule has 1 saturated carbocycles. The quantitative estimate of drug-likeness (QED) is 0.261. The van der Waals surface area contributed by atoms with Crippen molar-refractivity contribution < 1.29 is 33.4 Å². The van der Waals surface area contributed by atoms with E-state index in [4.69, 9.17) is 37.1 Å². The zero-order valence-electron chi connectivity index (χ0n) is 26.6. The van der Waals surface area contributed by atoms with Crippen molar-refractivity contribution in [1.82, 2.24) is 9.80 Å². The van der Waals surface area contributed by atoms with E-state index in [1.165, 1.54) is 6.26 Å². The van der Waals surface area contributed by atoms with Gasteiger partial charge in [-0.15, -0.1) is 0 Å². The van der Waals surface area contributed by atoms with Crippen LogP contribution in [0.5, 0.6) is 0 Å². The van der Waals surface area contributed by atoms with Crippen molar-refractivity contribution in [2.75, 3.05) is 38.7 Å². The summed E-state index contributed by atoms with van der Waals surface area (Å²) in [6, 6.07) is 10.5. The molecule has 3 aromatic rings. The molecule has 2 aliphatic heterocycles. The lowest BCUT2D eigenvalue weighted by molar-refractivity contribution is -0.144. The lowest BCUT2D eigenvalue weighted by atomic mass is 9.87. The number of likely N-dealkylation sites (tertiary alicyclic amines) is 2. The van der Waals surface area contributed by atoms with Gasteiger partial charge in [0, 0.05) is 43.2 Å². The lowest BCUT2D eigenvalue weighted by Crippen LogP contribution is -2.41. The van der Waals surface area contributed by atoms with E-state index in [1.807, 2.05) is 23.1 Å². The number of nitrogens with zero attached hydrogens (tertiary/aromatic N) is 2. The minimum Gasteiger partial charge on any atom is -0.481 e. The number of halogens is 2. The molecule has 6 rings (SSSR count). The standard InChI is InChI=1S/C35H41Cl2N3O7/c1-20-15-39(17-32(20)45-2)23-13-24(18-46-25-9-7-21(8-10-25)35(43)44)40(16-23)33(41)12-22-11-29(37)30(14-28(22)36)38-34(42)27-19-47-31-6-4-3-5-26(27)31/h3-6,11,14,19-21,23-25,32H,7-10,12-13,15-18H2,1-2H3,(H,38,42)(H,43,44)/t20-,21-,23+,24+,25-,32-/m1/s1. The summed E-state index contributed by atoms with van der Waals surface area (Å²) in [5.74, 6) is -1.11. The van der Waals surface area contributed by atoms with Gasteiger partial charge in [0.25, 0.3) is 5.91 Å². The summed E-state index contributed by atoms with van der Waals surface area (Å²) in [6.07, 6.45) is 4.99. The number of nitrogens with one attached hydrogen (secondary N) is 1. The molecule has 3 fully saturated rings. The third-order valence-electron chi connectivity index (χ3n) is 10.1. The van der Waals surface area contributed by atoms with Crippen LogP contribution in [0, 0.1) is 11.8 Å². The van der Waals surface area contributed by atoms with Crippen LogP contribution in [0.3, 0.4) is 0 Å². The smallest absolute Gasteiger partial charge is 0.306 e. The second-order valence-electron chi connectivity index (χ2n) is 13.1. The largest absolute Gasteiger partial charge is 0.481 e. The monoisotopic (exact) mass is 685 g/mol. The van der Waals surface area contributed by atoms with Crippen molar-refractivity contribution in [1.29, 1.82) is 0 Å². The zero-order valence-corrected chi connectivity index (χ0v) is 28.1. The Hall–Kier alpha value is -3.15. The molecular formula is C35H41Cl2N3O7. The molecule has 2 N–H and O–H groups in total. The van der Waals surface area contributed by atoms with E-state index in [0.717, 1.165) is 19.5 Å².